The third-order valence-corrected chi connectivity index (χ3v) is 3.98. The number of aromatic nitrogens is 2. The average molecular weight is 266 g/mol. The van der Waals surface area contributed by atoms with E-state index >= 15 is 0 Å². The summed E-state index contributed by atoms with van der Waals surface area (Å²) in [7, 11) is 1.64. The average Bonchev–Trinajstić information content (AvgIpc) is 2.43. The van der Waals surface area contributed by atoms with Crippen LogP contribution in [0, 0.1) is 0 Å². The van der Waals surface area contributed by atoms with Crippen molar-refractivity contribution in [3.8, 4) is 5.88 Å². The van der Waals surface area contributed by atoms with Gasteiger partial charge in [0.05, 0.1) is 5.56 Å². The van der Waals surface area contributed by atoms with Gasteiger partial charge in [0.25, 0.3) is 5.56 Å². The third-order valence-electron chi connectivity index (χ3n) is 3.98. The van der Waals surface area contributed by atoms with Gasteiger partial charge in [0.2, 0.25) is 5.88 Å². The standard InChI is InChI=1S/C14H22N2O3/c1-3-7-10-11(17)15-13(16-12(10)18)14(19-2)8-5-4-6-9-14/h3-9H2,1-2H3,(H2,15,16,17,18). The zero-order valence-electron chi connectivity index (χ0n) is 11.7. The molecule has 1 aromatic rings. The Balaban J connectivity index is 2.42. The van der Waals surface area contributed by atoms with Crippen molar-refractivity contribution >= 4 is 0 Å². The first-order valence-corrected chi connectivity index (χ1v) is 7.01. The molecule has 1 aliphatic carbocycles. The SMILES string of the molecule is CCCc1c(O)nc(C2(OC)CCCCC2)[nH]c1=O. The van der Waals surface area contributed by atoms with Crippen LogP contribution in [0.3, 0.4) is 0 Å². The molecule has 1 fully saturated rings. The van der Waals surface area contributed by atoms with Gasteiger partial charge in [-0.2, -0.15) is 4.98 Å². The minimum Gasteiger partial charge on any atom is -0.493 e. The van der Waals surface area contributed by atoms with Gasteiger partial charge in [-0.3, -0.25) is 4.79 Å². The molecule has 19 heavy (non-hydrogen) atoms. The van der Waals surface area contributed by atoms with Crippen LogP contribution in [0.5, 0.6) is 5.88 Å². The van der Waals surface area contributed by atoms with Crippen LogP contribution in [0.2, 0.25) is 0 Å². The lowest BCUT2D eigenvalue weighted by Crippen LogP contribution is -2.35. The predicted molar refractivity (Wildman–Crippen MR) is 72.3 cm³/mol. The molecule has 1 aliphatic rings. The molecule has 0 amide bonds. The lowest BCUT2D eigenvalue weighted by atomic mass is 9.84. The van der Waals surface area contributed by atoms with Crippen molar-refractivity contribution in [1.82, 2.24) is 9.97 Å². The second-order valence-corrected chi connectivity index (χ2v) is 5.23. The van der Waals surface area contributed by atoms with Crippen LogP contribution in [-0.4, -0.2) is 22.2 Å². The normalized spacial score (nSPS) is 18.4. The van der Waals surface area contributed by atoms with E-state index < -0.39 is 5.60 Å². The largest absolute Gasteiger partial charge is 0.493 e. The van der Waals surface area contributed by atoms with E-state index in [4.69, 9.17) is 4.74 Å². The summed E-state index contributed by atoms with van der Waals surface area (Å²) >= 11 is 0. The lowest BCUT2D eigenvalue weighted by Gasteiger charge is -2.34. The Bertz CT molecular complexity index is 490. The van der Waals surface area contributed by atoms with Crippen LogP contribution in [-0.2, 0) is 16.8 Å². The van der Waals surface area contributed by atoms with Crippen molar-refractivity contribution in [2.45, 2.75) is 57.5 Å². The summed E-state index contributed by atoms with van der Waals surface area (Å²) in [6, 6.07) is 0. The van der Waals surface area contributed by atoms with Gasteiger partial charge >= 0.3 is 0 Å². The molecule has 0 unspecified atom stereocenters. The molecule has 0 radical (unpaired) electrons. The number of H-pyrrole nitrogens is 1. The van der Waals surface area contributed by atoms with Gasteiger partial charge in [-0.25, -0.2) is 0 Å². The van der Waals surface area contributed by atoms with Crippen LogP contribution in [0.4, 0.5) is 0 Å². The highest BCUT2D eigenvalue weighted by Gasteiger charge is 2.37. The van der Waals surface area contributed by atoms with Crippen molar-refractivity contribution in [2.75, 3.05) is 7.11 Å². The minimum absolute atomic E-state index is 0.150. The van der Waals surface area contributed by atoms with Crippen molar-refractivity contribution < 1.29 is 9.84 Å². The summed E-state index contributed by atoms with van der Waals surface area (Å²) in [5, 5.41) is 9.96. The fourth-order valence-corrected chi connectivity index (χ4v) is 2.84. The first kappa shape index (κ1) is 14.1. The second kappa shape index (κ2) is 5.74. The first-order chi connectivity index (χ1) is 9.13. The minimum atomic E-state index is -0.542. The van der Waals surface area contributed by atoms with Crippen LogP contribution >= 0.6 is 0 Å². The van der Waals surface area contributed by atoms with E-state index in [1.165, 1.54) is 6.42 Å². The Kier molecular flexibility index (Phi) is 4.24. The van der Waals surface area contributed by atoms with Crippen LogP contribution in [0.15, 0.2) is 4.79 Å². The quantitative estimate of drug-likeness (QED) is 0.876. The van der Waals surface area contributed by atoms with Gasteiger partial charge in [-0.05, 0) is 19.3 Å². The Hall–Kier alpha value is -1.36. The Morgan fingerprint density at radius 1 is 1.37 bits per heavy atom. The number of ether oxygens (including phenoxy) is 1. The number of hydrogen-bond acceptors (Lipinski definition) is 4. The van der Waals surface area contributed by atoms with E-state index in [9.17, 15) is 9.90 Å². The van der Waals surface area contributed by atoms with Crippen molar-refractivity contribution in [3.05, 3.63) is 21.7 Å². The number of nitrogens with one attached hydrogen (secondary N) is 1. The van der Waals surface area contributed by atoms with Gasteiger partial charge in [0, 0.05) is 7.11 Å². The van der Waals surface area contributed by atoms with E-state index in [1.54, 1.807) is 7.11 Å². The van der Waals surface area contributed by atoms with Gasteiger partial charge in [-0.15, -0.1) is 0 Å². The molecule has 0 atom stereocenters. The summed E-state index contributed by atoms with van der Waals surface area (Å²) in [6.07, 6.45) is 6.28. The maximum absolute atomic E-state index is 12.0. The summed E-state index contributed by atoms with van der Waals surface area (Å²) < 4.78 is 5.63. The molecule has 1 heterocycles. The van der Waals surface area contributed by atoms with Crippen LogP contribution in [0.25, 0.3) is 0 Å². The van der Waals surface area contributed by atoms with E-state index in [1.807, 2.05) is 6.92 Å². The van der Waals surface area contributed by atoms with Gasteiger partial charge in [-0.1, -0.05) is 32.6 Å². The molecule has 0 aliphatic heterocycles. The number of aromatic amines is 1. The molecular formula is C14H22N2O3. The molecule has 1 saturated carbocycles. The summed E-state index contributed by atoms with van der Waals surface area (Å²) in [4.78, 5) is 19.0. The summed E-state index contributed by atoms with van der Waals surface area (Å²) in [6.45, 7) is 1.96. The highest BCUT2D eigenvalue weighted by Crippen LogP contribution is 2.38. The lowest BCUT2D eigenvalue weighted by molar-refractivity contribution is -0.0520. The van der Waals surface area contributed by atoms with E-state index in [2.05, 4.69) is 9.97 Å². The molecule has 5 nitrogen and oxygen atoms in total. The highest BCUT2D eigenvalue weighted by atomic mass is 16.5. The fourth-order valence-electron chi connectivity index (χ4n) is 2.84. The topological polar surface area (TPSA) is 75.2 Å². The van der Waals surface area contributed by atoms with E-state index in [-0.39, 0.29) is 11.4 Å². The molecule has 1 aromatic heterocycles. The molecule has 2 rings (SSSR count). The molecular weight excluding hydrogens is 244 g/mol. The number of hydrogen-bond donors (Lipinski definition) is 2. The Morgan fingerprint density at radius 2 is 2.05 bits per heavy atom. The maximum Gasteiger partial charge on any atom is 0.258 e. The van der Waals surface area contributed by atoms with Crippen LogP contribution in [0.1, 0.15) is 56.8 Å². The first-order valence-electron chi connectivity index (χ1n) is 7.01. The Labute approximate surface area is 113 Å². The van der Waals surface area contributed by atoms with Gasteiger partial charge < -0.3 is 14.8 Å². The van der Waals surface area contributed by atoms with E-state index in [0.29, 0.717) is 17.8 Å². The summed E-state index contributed by atoms with van der Waals surface area (Å²) in [5.41, 5.74) is -0.417. The van der Waals surface area contributed by atoms with Crippen molar-refractivity contribution in [1.29, 1.82) is 0 Å². The second-order valence-electron chi connectivity index (χ2n) is 5.23. The number of methoxy groups -OCH3 is 1. The molecule has 0 saturated heterocycles. The highest BCUT2D eigenvalue weighted by molar-refractivity contribution is 5.24. The van der Waals surface area contributed by atoms with Crippen molar-refractivity contribution in [3.63, 3.8) is 0 Å². The maximum atomic E-state index is 12.0. The van der Waals surface area contributed by atoms with E-state index in [0.717, 1.165) is 32.1 Å². The third kappa shape index (κ3) is 2.66. The molecule has 2 N–H and O–H groups in total. The molecule has 5 heteroatoms. The molecule has 0 bridgehead atoms. The zero-order chi connectivity index (χ0) is 13.9. The van der Waals surface area contributed by atoms with Gasteiger partial charge in [0.15, 0.2) is 0 Å². The zero-order valence-corrected chi connectivity index (χ0v) is 11.7. The number of nitrogens with zero attached hydrogens (tertiary/aromatic N) is 1. The van der Waals surface area contributed by atoms with Crippen LogP contribution < -0.4 is 5.56 Å². The molecule has 0 spiro atoms. The molecule has 0 aromatic carbocycles. The predicted octanol–water partition coefficient (Wildman–Crippen LogP) is 2.23. The monoisotopic (exact) mass is 266 g/mol. The molecule has 106 valence electrons. The number of aromatic hydroxyl groups is 1. The Morgan fingerprint density at radius 3 is 2.58 bits per heavy atom. The summed E-state index contributed by atoms with van der Waals surface area (Å²) in [5.74, 6) is 0.319. The fraction of sp³-hybridized carbons (Fsp3) is 0.714. The smallest absolute Gasteiger partial charge is 0.258 e. The number of rotatable bonds is 4. The van der Waals surface area contributed by atoms with Crippen molar-refractivity contribution in [2.24, 2.45) is 0 Å². The van der Waals surface area contributed by atoms with Gasteiger partial charge in [0.1, 0.15) is 11.4 Å².